The molecule has 0 aromatic heterocycles. The summed E-state index contributed by atoms with van der Waals surface area (Å²) in [5, 5.41) is 17.5. The molecule has 2 aromatic carbocycles. The molecule has 3 N–H and O–H groups in total. The zero-order valence-corrected chi connectivity index (χ0v) is 23.1. The van der Waals surface area contributed by atoms with E-state index in [1.807, 2.05) is 6.07 Å². The maximum Gasteiger partial charge on any atom is 0.257 e. The lowest BCUT2D eigenvalue weighted by Gasteiger charge is -2.29. The Bertz CT molecular complexity index is 1350. The maximum atomic E-state index is 15.2. The van der Waals surface area contributed by atoms with Crippen LogP contribution in [0.5, 0.6) is 0 Å². The molecule has 41 heavy (non-hydrogen) atoms. The Balaban J connectivity index is 1.32. The predicted molar refractivity (Wildman–Crippen MR) is 145 cm³/mol. The van der Waals surface area contributed by atoms with Gasteiger partial charge in [-0.25, -0.2) is 17.6 Å². The number of alkyl halides is 3. The van der Waals surface area contributed by atoms with Crippen molar-refractivity contribution in [2.75, 3.05) is 0 Å². The van der Waals surface area contributed by atoms with Gasteiger partial charge in [0.15, 0.2) is 0 Å². The highest BCUT2D eigenvalue weighted by atomic mass is 19.3. The minimum absolute atomic E-state index is 0.0647. The molecule has 0 heterocycles. The number of hydrogen-bond acceptors (Lipinski definition) is 4. The van der Waals surface area contributed by atoms with Crippen molar-refractivity contribution in [3.8, 4) is 17.2 Å². The zero-order valence-electron chi connectivity index (χ0n) is 23.1. The van der Waals surface area contributed by atoms with Crippen LogP contribution in [0.2, 0.25) is 0 Å². The van der Waals surface area contributed by atoms with E-state index in [4.69, 9.17) is 0 Å². The van der Waals surface area contributed by atoms with E-state index >= 15 is 4.39 Å². The molecule has 0 bridgehead atoms. The molecule has 5 rings (SSSR count). The van der Waals surface area contributed by atoms with Crippen LogP contribution in [-0.4, -0.2) is 41.5 Å². The van der Waals surface area contributed by atoms with E-state index in [2.05, 4.69) is 16.0 Å². The number of hydrogen-bond donors (Lipinski definition) is 3. The predicted octanol–water partition coefficient (Wildman–Crippen LogP) is 5.38. The molecule has 2 amide bonds. The molecule has 0 spiro atoms. The molecule has 3 aliphatic rings. The number of nitriles is 1. The Morgan fingerprint density at radius 2 is 1.73 bits per heavy atom. The van der Waals surface area contributed by atoms with Gasteiger partial charge in [0.25, 0.3) is 6.43 Å². The fraction of sp³-hybridized carbons (Fsp3) is 0.516. The Hall–Kier alpha value is -3.45. The largest absolute Gasteiger partial charge is 0.353 e. The van der Waals surface area contributed by atoms with Crippen LogP contribution in [0.4, 0.5) is 17.6 Å². The molecule has 10 heteroatoms. The first kappa shape index (κ1) is 29.1. The number of nitrogens with one attached hydrogen (secondary N) is 3. The van der Waals surface area contributed by atoms with Crippen LogP contribution in [0.25, 0.3) is 11.1 Å². The van der Waals surface area contributed by atoms with Crippen LogP contribution in [0.1, 0.15) is 76.0 Å². The second kappa shape index (κ2) is 10.8. The van der Waals surface area contributed by atoms with E-state index in [0.29, 0.717) is 36.8 Å². The van der Waals surface area contributed by atoms with Crippen molar-refractivity contribution in [2.45, 2.75) is 100.0 Å². The summed E-state index contributed by atoms with van der Waals surface area (Å²) >= 11 is 0. The van der Waals surface area contributed by atoms with Crippen LogP contribution in [0.3, 0.4) is 0 Å². The first-order chi connectivity index (χ1) is 19.3. The van der Waals surface area contributed by atoms with Crippen LogP contribution in [0.15, 0.2) is 42.5 Å². The number of nitrogens with zero attached hydrogens (tertiary/aromatic N) is 1. The van der Waals surface area contributed by atoms with Crippen molar-refractivity contribution >= 4 is 11.8 Å². The van der Waals surface area contributed by atoms with Gasteiger partial charge < -0.3 is 10.6 Å². The van der Waals surface area contributed by atoms with Gasteiger partial charge >= 0.3 is 0 Å². The fourth-order valence-electron chi connectivity index (χ4n) is 5.20. The molecule has 0 radical (unpaired) electrons. The molecular weight excluding hydrogens is 536 g/mol. The number of carbonyl (C=O) groups is 2. The molecule has 3 saturated carbocycles. The topological polar surface area (TPSA) is 94.0 Å². The average Bonchev–Trinajstić information content (AvgIpc) is 3.77. The van der Waals surface area contributed by atoms with Crippen molar-refractivity contribution < 1.29 is 27.2 Å². The van der Waals surface area contributed by atoms with E-state index in [1.54, 1.807) is 12.1 Å². The molecular formula is C31H34F4N4O2. The normalized spacial score (nSPS) is 20.0. The zero-order chi connectivity index (χ0) is 29.6. The summed E-state index contributed by atoms with van der Waals surface area (Å²) < 4.78 is 58.2. The minimum Gasteiger partial charge on any atom is -0.353 e. The lowest BCUT2D eigenvalue weighted by Crippen LogP contribution is -2.52. The molecule has 0 unspecified atom stereocenters. The van der Waals surface area contributed by atoms with Gasteiger partial charge in [-0.3, -0.25) is 14.9 Å². The van der Waals surface area contributed by atoms with E-state index in [0.717, 1.165) is 12.8 Å². The summed E-state index contributed by atoms with van der Waals surface area (Å²) in [6.45, 7) is 2.51. The fourth-order valence-corrected chi connectivity index (χ4v) is 5.20. The smallest absolute Gasteiger partial charge is 0.257 e. The summed E-state index contributed by atoms with van der Waals surface area (Å²) in [6.07, 6.45) is 0.859. The molecule has 3 fully saturated rings. The number of halogens is 4. The Kier molecular flexibility index (Phi) is 7.62. The number of rotatable bonds is 12. The van der Waals surface area contributed by atoms with Crippen molar-refractivity contribution in [2.24, 2.45) is 0 Å². The van der Waals surface area contributed by atoms with Gasteiger partial charge in [0, 0.05) is 18.0 Å². The van der Waals surface area contributed by atoms with Crippen LogP contribution in [-0.2, 0) is 15.0 Å². The van der Waals surface area contributed by atoms with Gasteiger partial charge in [0.05, 0.1) is 23.6 Å². The van der Waals surface area contributed by atoms with Crippen LogP contribution >= 0.6 is 0 Å². The molecule has 0 aliphatic heterocycles. The van der Waals surface area contributed by atoms with E-state index in [-0.39, 0.29) is 29.5 Å². The molecule has 2 aromatic rings. The summed E-state index contributed by atoms with van der Waals surface area (Å²) in [5.41, 5.74) is -2.06. The quantitative estimate of drug-likeness (QED) is 0.299. The molecule has 0 saturated heterocycles. The molecule has 3 aliphatic carbocycles. The van der Waals surface area contributed by atoms with E-state index in [1.165, 1.54) is 44.2 Å². The molecule has 218 valence electrons. The minimum atomic E-state index is -2.93. The number of amides is 2. The second-order valence-corrected chi connectivity index (χ2v) is 12.3. The third-order valence-corrected chi connectivity index (χ3v) is 8.16. The summed E-state index contributed by atoms with van der Waals surface area (Å²) in [5.74, 6) is -1.29. The van der Waals surface area contributed by atoms with Crippen molar-refractivity contribution in [3.63, 3.8) is 0 Å². The molecule has 6 nitrogen and oxygen atoms in total. The highest BCUT2D eigenvalue weighted by Crippen LogP contribution is 2.49. The average molecular weight is 571 g/mol. The monoisotopic (exact) mass is 570 g/mol. The van der Waals surface area contributed by atoms with Gasteiger partial charge in [-0.05, 0) is 75.1 Å². The standard InChI is InChI=1S/C31H34F4N4O2/c1-29(2,35)16-24(27(40)39-30(17-36)11-12-30)38-25(26(33)34)19-5-3-18(4-6-19)22-10-7-20(15-23(22)32)31(13-14-31)28(41)37-21-8-9-21/h3-7,10,15,21,24-26,38H,8-9,11-14,16H2,1-2H3,(H,37,41)(H,39,40)/t24-,25-/m0/s1. The van der Waals surface area contributed by atoms with Gasteiger partial charge in [0.2, 0.25) is 11.8 Å². The summed E-state index contributed by atoms with van der Waals surface area (Å²) in [7, 11) is 0. The maximum absolute atomic E-state index is 15.2. The first-order valence-electron chi connectivity index (χ1n) is 14.0. The van der Waals surface area contributed by atoms with E-state index in [9.17, 15) is 28.0 Å². The highest BCUT2D eigenvalue weighted by Gasteiger charge is 2.52. The SMILES string of the molecule is CC(C)(F)C[C@H](N[C@@H](c1ccc(-c2ccc(C3(C(=O)NC4CC4)CC3)cc2F)cc1)C(F)F)C(=O)NC1(C#N)CC1. The van der Waals surface area contributed by atoms with Crippen LogP contribution < -0.4 is 16.0 Å². The molecule has 2 atom stereocenters. The van der Waals surface area contributed by atoms with Crippen molar-refractivity contribution in [1.82, 2.24) is 16.0 Å². The van der Waals surface area contributed by atoms with Gasteiger partial charge in [0.1, 0.15) is 17.0 Å². The van der Waals surface area contributed by atoms with Crippen molar-refractivity contribution in [1.29, 1.82) is 5.26 Å². The van der Waals surface area contributed by atoms with Gasteiger partial charge in [-0.15, -0.1) is 0 Å². The first-order valence-corrected chi connectivity index (χ1v) is 14.0. The second-order valence-electron chi connectivity index (χ2n) is 12.3. The number of carbonyl (C=O) groups excluding carboxylic acids is 2. The Morgan fingerprint density at radius 3 is 2.22 bits per heavy atom. The van der Waals surface area contributed by atoms with Gasteiger partial charge in [-0.2, -0.15) is 5.26 Å². The Labute approximate surface area is 236 Å². The Morgan fingerprint density at radius 1 is 1.07 bits per heavy atom. The van der Waals surface area contributed by atoms with Gasteiger partial charge in [-0.1, -0.05) is 36.4 Å². The van der Waals surface area contributed by atoms with Crippen molar-refractivity contribution in [3.05, 3.63) is 59.4 Å². The third-order valence-electron chi connectivity index (χ3n) is 8.16. The van der Waals surface area contributed by atoms with E-state index < -0.39 is 46.9 Å². The van der Waals surface area contributed by atoms with Crippen LogP contribution in [0, 0.1) is 17.1 Å². The lowest BCUT2D eigenvalue weighted by atomic mass is 9.92. The third kappa shape index (κ3) is 6.56. The summed E-state index contributed by atoms with van der Waals surface area (Å²) in [6, 6.07) is 9.90. The lowest BCUT2D eigenvalue weighted by molar-refractivity contribution is -0.125. The summed E-state index contributed by atoms with van der Waals surface area (Å²) in [4.78, 5) is 25.6. The number of benzene rings is 2. The highest BCUT2D eigenvalue weighted by molar-refractivity contribution is 5.92.